The Hall–Kier alpha value is -1.71. The summed E-state index contributed by atoms with van der Waals surface area (Å²) >= 11 is 0. The summed E-state index contributed by atoms with van der Waals surface area (Å²) in [5, 5.41) is 12.6. The second-order valence-electron chi connectivity index (χ2n) is 5.04. The van der Waals surface area contributed by atoms with Gasteiger partial charge in [0.1, 0.15) is 5.82 Å². The summed E-state index contributed by atoms with van der Waals surface area (Å²) in [5.74, 6) is -0.209. The predicted molar refractivity (Wildman–Crippen MR) is 79.0 cm³/mol. The van der Waals surface area contributed by atoms with Gasteiger partial charge in [0.05, 0.1) is 6.61 Å². The third-order valence-corrected chi connectivity index (χ3v) is 3.33. The van der Waals surface area contributed by atoms with Crippen LogP contribution in [0.15, 0.2) is 48.5 Å². The van der Waals surface area contributed by atoms with E-state index in [1.165, 1.54) is 6.07 Å². The van der Waals surface area contributed by atoms with Crippen molar-refractivity contribution in [2.24, 2.45) is 0 Å². The fourth-order valence-electron chi connectivity index (χ4n) is 2.19. The Morgan fingerprint density at radius 3 is 2.60 bits per heavy atom. The van der Waals surface area contributed by atoms with Gasteiger partial charge in [-0.15, -0.1) is 0 Å². The molecule has 0 saturated heterocycles. The van der Waals surface area contributed by atoms with Gasteiger partial charge in [-0.2, -0.15) is 0 Å². The van der Waals surface area contributed by atoms with E-state index in [1.807, 2.05) is 43.3 Å². The van der Waals surface area contributed by atoms with Crippen LogP contribution in [-0.4, -0.2) is 17.8 Å². The molecule has 3 heteroatoms. The van der Waals surface area contributed by atoms with Crippen LogP contribution in [0.2, 0.25) is 0 Å². The number of halogens is 1. The molecule has 0 aliphatic rings. The summed E-state index contributed by atoms with van der Waals surface area (Å²) in [4.78, 5) is 0. The average Bonchev–Trinajstić information content (AvgIpc) is 2.47. The second-order valence-corrected chi connectivity index (χ2v) is 5.04. The van der Waals surface area contributed by atoms with Gasteiger partial charge in [-0.05, 0) is 25.0 Å². The first-order valence-electron chi connectivity index (χ1n) is 6.82. The van der Waals surface area contributed by atoms with Gasteiger partial charge in [-0.25, -0.2) is 4.39 Å². The number of nitrogens with one attached hydrogen (secondary N) is 1. The molecule has 2 aromatic rings. The standard InChI is InChI=1S/C17H20FNO/c1-13-7-8-17(18)15(9-13)11-19-16(12-20)10-14-5-3-2-4-6-14/h2-9,16,19-20H,10-12H2,1H3/t16-/m0/s1. The number of aryl methyl sites for hydroxylation is 1. The normalized spacial score (nSPS) is 12.3. The first-order chi connectivity index (χ1) is 9.69. The summed E-state index contributed by atoms with van der Waals surface area (Å²) in [6, 6.07) is 15.0. The van der Waals surface area contributed by atoms with Crippen LogP contribution < -0.4 is 5.32 Å². The van der Waals surface area contributed by atoms with Crippen LogP contribution in [0.1, 0.15) is 16.7 Å². The molecule has 2 rings (SSSR count). The zero-order valence-corrected chi connectivity index (χ0v) is 11.6. The number of aliphatic hydroxyl groups excluding tert-OH is 1. The minimum Gasteiger partial charge on any atom is -0.395 e. The van der Waals surface area contributed by atoms with Gasteiger partial charge in [0.2, 0.25) is 0 Å². The number of hydrogen-bond acceptors (Lipinski definition) is 2. The lowest BCUT2D eigenvalue weighted by atomic mass is 10.1. The van der Waals surface area contributed by atoms with Crippen LogP contribution in [0.25, 0.3) is 0 Å². The first kappa shape index (κ1) is 14.7. The minimum absolute atomic E-state index is 0.0301. The van der Waals surface area contributed by atoms with Crippen LogP contribution >= 0.6 is 0 Å². The van der Waals surface area contributed by atoms with Gasteiger partial charge in [-0.3, -0.25) is 0 Å². The van der Waals surface area contributed by atoms with Crippen molar-refractivity contribution in [3.8, 4) is 0 Å². The molecule has 0 aromatic heterocycles. The SMILES string of the molecule is Cc1ccc(F)c(CN[C@H](CO)Cc2ccccc2)c1. The lowest BCUT2D eigenvalue weighted by Crippen LogP contribution is -2.34. The summed E-state index contributed by atoms with van der Waals surface area (Å²) in [7, 11) is 0. The molecular weight excluding hydrogens is 253 g/mol. The monoisotopic (exact) mass is 273 g/mol. The highest BCUT2D eigenvalue weighted by molar-refractivity contribution is 5.24. The number of aliphatic hydroxyl groups is 1. The van der Waals surface area contributed by atoms with Crippen molar-refractivity contribution in [3.05, 3.63) is 71.0 Å². The molecule has 0 spiro atoms. The minimum atomic E-state index is -0.209. The Kier molecular flexibility index (Phi) is 5.27. The molecule has 0 saturated carbocycles. The topological polar surface area (TPSA) is 32.3 Å². The Balaban J connectivity index is 1.95. The second kappa shape index (κ2) is 7.17. The van der Waals surface area contributed by atoms with Crippen molar-refractivity contribution < 1.29 is 9.50 Å². The highest BCUT2D eigenvalue weighted by Crippen LogP contribution is 2.10. The van der Waals surface area contributed by atoms with E-state index in [2.05, 4.69) is 5.32 Å². The smallest absolute Gasteiger partial charge is 0.127 e. The lowest BCUT2D eigenvalue weighted by molar-refractivity contribution is 0.240. The Morgan fingerprint density at radius 1 is 1.15 bits per heavy atom. The Labute approximate surface area is 119 Å². The van der Waals surface area contributed by atoms with Crippen LogP contribution in [0.5, 0.6) is 0 Å². The van der Waals surface area contributed by atoms with Crippen molar-refractivity contribution in [2.45, 2.75) is 25.9 Å². The molecule has 0 aliphatic heterocycles. The molecule has 1 atom stereocenters. The van der Waals surface area contributed by atoms with Crippen molar-refractivity contribution in [3.63, 3.8) is 0 Å². The molecule has 2 nitrogen and oxygen atoms in total. The molecular formula is C17H20FNO. The quantitative estimate of drug-likeness (QED) is 0.848. The maximum absolute atomic E-state index is 13.6. The van der Waals surface area contributed by atoms with Crippen LogP contribution in [0, 0.1) is 12.7 Å². The highest BCUT2D eigenvalue weighted by Gasteiger charge is 2.09. The molecule has 0 amide bonds. The molecule has 0 heterocycles. The van der Waals surface area contributed by atoms with E-state index in [1.54, 1.807) is 6.07 Å². The van der Waals surface area contributed by atoms with Gasteiger partial charge in [0.25, 0.3) is 0 Å². The largest absolute Gasteiger partial charge is 0.395 e. The third kappa shape index (κ3) is 4.15. The molecule has 0 radical (unpaired) electrons. The molecule has 2 aromatic carbocycles. The van der Waals surface area contributed by atoms with Crippen LogP contribution in [0.3, 0.4) is 0 Å². The zero-order valence-electron chi connectivity index (χ0n) is 11.6. The maximum atomic E-state index is 13.6. The first-order valence-corrected chi connectivity index (χ1v) is 6.82. The molecule has 106 valence electrons. The summed E-state index contributed by atoms with van der Waals surface area (Å²) in [5.41, 5.74) is 2.83. The number of rotatable bonds is 6. The van der Waals surface area contributed by atoms with Gasteiger partial charge in [-0.1, -0.05) is 48.0 Å². The van der Waals surface area contributed by atoms with E-state index >= 15 is 0 Å². The number of benzene rings is 2. The van der Waals surface area contributed by atoms with Crippen molar-refractivity contribution in [1.82, 2.24) is 5.32 Å². The van der Waals surface area contributed by atoms with E-state index in [0.717, 1.165) is 17.5 Å². The van der Waals surface area contributed by atoms with Crippen LogP contribution in [0.4, 0.5) is 4.39 Å². The highest BCUT2D eigenvalue weighted by atomic mass is 19.1. The van der Waals surface area contributed by atoms with Crippen LogP contribution in [-0.2, 0) is 13.0 Å². The predicted octanol–water partition coefficient (Wildman–Crippen LogP) is 2.83. The Morgan fingerprint density at radius 2 is 1.90 bits per heavy atom. The van der Waals surface area contributed by atoms with Gasteiger partial charge < -0.3 is 10.4 Å². The van der Waals surface area contributed by atoms with E-state index in [4.69, 9.17) is 0 Å². The fraction of sp³-hybridized carbons (Fsp3) is 0.294. The third-order valence-electron chi connectivity index (χ3n) is 3.33. The molecule has 0 unspecified atom stereocenters. The van der Waals surface area contributed by atoms with Gasteiger partial charge >= 0.3 is 0 Å². The zero-order chi connectivity index (χ0) is 14.4. The van der Waals surface area contributed by atoms with Gasteiger partial charge in [0.15, 0.2) is 0 Å². The van der Waals surface area contributed by atoms with Crippen molar-refractivity contribution in [2.75, 3.05) is 6.61 Å². The summed E-state index contributed by atoms with van der Waals surface area (Å²) in [6.45, 7) is 2.39. The van der Waals surface area contributed by atoms with E-state index in [0.29, 0.717) is 12.1 Å². The maximum Gasteiger partial charge on any atom is 0.127 e. The summed E-state index contributed by atoms with van der Waals surface area (Å²) in [6.07, 6.45) is 0.727. The van der Waals surface area contributed by atoms with Gasteiger partial charge in [0, 0.05) is 18.2 Å². The van der Waals surface area contributed by atoms with Crippen molar-refractivity contribution in [1.29, 1.82) is 0 Å². The molecule has 0 aliphatic carbocycles. The molecule has 2 N–H and O–H groups in total. The van der Waals surface area contributed by atoms with E-state index in [9.17, 15) is 9.50 Å². The molecule has 0 bridgehead atoms. The fourth-order valence-corrected chi connectivity index (χ4v) is 2.19. The molecule has 20 heavy (non-hydrogen) atoms. The summed E-state index contributed by atoms with van der Waals surface area (Å²) < 4.78 is 13.6. The average molecular weight is 273 g/mol. The Bertz CT molecular complexity index is 542. The van der Waals surface area contributed by atoms with E-state index in [-0.39, 0.29) is 18.5 Å². The van der Waals surface area contributed by atoms with Crippen molar-refractivity contribution >= 4 is 0 Å². The van der Waals surface area contributed by atoms with E-state index < -0.39 is 0 Å². The molecule has 0 fully saturated rings. The lowest BCUT2D eigenvalue weighted by Gasteiger charge is -2.17. The number of hydrogen-bond donors (Lipinski definition) is 2.